The van der Waals surface area contributed by atoms with Crippen LogP contribution in [0.1, 0.15) is 0 Å². The Hall–Kier alpha value is -0.750. The smallest absolute Gasteiger partial charge is 0.317 e. The topological polar surface area (TPSA) is 118 Å². The Morgan fingerprint density at radius 2 is 1.46 bits per heavy atom. The van der Waals surface area contributed by atoms with Crippen molar-refractivity contribution in [2.75, 3.05) is 19.4 Å². The van der Waals surface area contributed by atoms with Crippen LogP contribution in [0.3, 0.4) is 0 Å². The summed E-state index contributed by atoms with van der Waals surface area (Å²) >= 11 is 0. The molecule has 0 aliphatic carbocycles. The predicted molar refractivity (Wildman–Crippen MR) is 43.1 cm³/mol. The maximum Gasteiger partial charge on any atom is 0.317 e. The van der Waals surface area contributed by atoms with Crippen LogP contribution < -0.4 is 0 Å². The monoisotopic (exact) mass is 211 g/mol. The molecule has 0 spiro atoms. The Balaban J connectivity index is 4.02. The standard InChI is InChI=1S/C5H10NO6P/c7-4(8)1-6(2-5(9)10)3-13(11)12/h11-12H,1-3H2,(H,7,8)(H,9,10). The third kappa shape index (κ3) is 7.61. The molecule has 13 heavy (non-hydrogen) atoms. The first-order valence-corrected chi connectivity index (χ1v) is 4.66. The van der Waals surface area contributed by atoms with Gasteiger partial charge >= 0.3 is 11.9 Å². The zero-order valence-electron chi connectivity index (χ0n) is 6.62. The van der Waals surface area contributed by atoms with Gasteiger partial charge in [0.1, 0.15) is 0 Å². The summed E-state index contributed by atoms with van der Waals surface area (Å²) in [5.74, 6) is -2.42. The number of hydrogen-bond donors (Lipinski definition) is 4. The van der Waals surface area contributed by atoms with Crippen LogP contribution in [0.25, 0.3) is 0 Å². The van der Waals surface area contributed by atoms with Gasteiger partial charge in [-0.15, -0.1) is 0 Å². The van der Waals surface area contributed by atoms with Crippen LogP contribution in [0.5, 0.6) is 0 Å². The summed E-state index contributed by atoms with van der Waals surface area (Å²) in [4.78, 5) is 38.4. The van der Waals surface area contributed by atoms with Crippen molar-refractivity contribution in [3.63, 3.8) is 0 Å². The highest BCUT2D eigenvalue weighted by Gasteiger charge is 2.16. The molecule has 0 aromatic rings. The van der Waals surface area contributed by atoms with Crippen molar-refractivity contribution in [1.82, 2.24) is 4.90 Å². The number of nitrogens with zero attached hydrogens (tertiary/aromatic N) is 1. The number of carboxylic acids is 2. The summed E-state index contributed by atoms with van der Waals surface area (Å²) in [6.45, 7) is -1.04. The van der Waals surface area contributed by atoms with Gasteiger partial charge in [0, 0.05) is 0 Å². The second kappa shape index (κ2) is 5.82. The number of carboxylic acid groups (broad SMARTS) is 2. The maximum atomic E-state index is 10.2. The molecule has 0 bridgehead atoms. The van der Waals surface area contributed by atoms with Gasteiger partial charge in [-0.25, -0.2) is 0 Å². The third-order valence-corrected chi connectivity index (χ3v) is 1.70. The minimum Gasteiger partial charge on any atom is -0.480 e. The normalized spacial score (nSPS) is 10.8. The van der Waals surface area contributed by atoms with Gasteiger partial charge in [0.15, 0.2) is 8.38 Å². The van der Waals surface area contributed by atoms with E-state index >= 15 is 0 Å². The molecule has 0 heterocycles. The van der Waals surface area contributed by atoms with E-state index in [-0.39, 0.29) is 6.29 Å². The molecule has 0 unspecified atom stereocenters. The van der Waals surface area contributed by atoms with Crippen molar-refractivity contribution >= 4 is 20.3 Å². The minimum atomic E-state index is -2.30. The van der Waals surface area contributed by atoms with Gasteiger partial charge in [-0.2, -0.15) is 0 Å². The van der Waals surface area contributed by atoms with Crippen molar-refractivity contribution in [2.24, 2.45) is 0 Å². The lowest BCUT2D eigenvalue weighted by atomic mass is 10.5. The van der Waals surface area contributed by atoms with Gasteiger partial charge in [0.05, 0.1) is 19.4 Å². The van der Waals surface area contributed by atoms with E-state index in [2.05, 4.69) is 0 Å². The molecule has 0 saturated carbocycles. The van der Waals surface area contributed by atoms with Crippen molar-refractivity contribution in [1.29, 1.82) is 0 Å². The quantitative estimate of drug-likeness (QED) is 0.403. The first-order chi connectivity index (χ1) is 5.91. The first kappa shape index (κ1) is 12.2. The van der Waals surface area contributed by atoms with Crippen LogP contribution in [0.15, 0.2) is 0 Å². The lowest BCUT2D eigenvalue weighted by Crippen LogP contribution is -2.34. The Morgan fingerprint density at radius 3 is 1.69 bits per heavy atom. The summed E-state index contributed by atoms with van der Waals surface area (Å²) in [6, 6.07) is 0. The van der Waals surface area contributed by atoms with E-state index in [1.807, 2.05) is 0 Å². The molecule has 8 heteroatoms. The van der Waals surface area contributed by atoms with Gasteiger partial charge in [-0.3, -0.25) is 14.5 Å². The molecule has 0 aromatic heterocycles. The fourth-order valence-corrected chi connectivity index (χ4v) is 1.28. The van der Waals surface area contributed by atoms with E-state index in [0.717, 1.165) is 4.90 Å². The lowest BCUT2D eigenvalue weighted by molar-refractivity contribution is -0.141. The van der Waals surface area contributed by atoms with Crippen molar-refractivity contribution in [2.45, 2.75) is 0 Å². The molecule has 0 aliphatic heterocycles. The average molecular weight is 211 g/mol. The van der Waals surface area contributed by atoms with Crippen LogP contribution >= 0.6 is 8.38 Å². The first-order valence-electron chi connectivity index (χ1n) is 3.23. The van der Waals surface area contributed by atoms with E-state index in [9.17, 15) is 9.59 Å². The SMILES string of the molecule is O=C(O)CN(CC(=O)O)CP(O)O. The second-order valence-corrected chi connectivity index (χ2v) is 3.32. The fourth-order valence-electron chi connectivity index (χ4n) is 0.717. The summed E-state index contributed by atoms with van der Waals surface area (Å²) in [5, 5.41) is 16.6. The van der Waals surface area contributed by atoms with Gasteiger partial charge in [-0.05, 0) is 0 Å². The summed E-state index contributed by atoms with van der Waals surface area (Å²) < 4.78 is 0. The lowest BCUT2D eigenvalue weighted by Gasteiger charge is -2.17. The predicted octanol–water partition coefficient (Wildman–Crippen LogP) is -1.29. The molecule has 7 nitrogen and oxygen atoms in total. The molecule has 0 atom stereocenters. The van der Waals surface area contributed by atoms with Crippen molar-refractivity contribution in [3.05, 3.63) is 0 Å². The molecule has 0 saturated heterocycles. The number of rotatable bonds is 6. The highest BCUT2D eigenvalue weighted by molar-refractivity contribution is 7.44. The minimum absolute atomic E-state index is 0.339. The van der Waals surface area contributed by atoms with Gasteiger partial charge in [-0.1, -0.05) is 0 Å². The van der Waals surface area contributed by atoms with Crippen LogP contribution in [-0.4, -0.2) is 56.2 Å². The molecular formula is C5H10NO6P. The van der Waals surface area contributed by atoms with Crippen molar-refractivity contribution in [3.8, 4) is 0 Å². The zero-order chi connectivity index (χ0) is 10.4. The summed E-state index contributed by atoms with van der Waals surface area (Å²) in [6.07, 6.45) is -0.339. The molecule has 0 amide bonds. The van der Waals surface area contributed by atoms with Crippen LogP contribution in [0.4, 0.5) is 0 Å². The molecule has 0 radical (unpaired) electrons. The molecule has 76 valence electrons. The fraction of sp³-hybridized carbons (Fsp3) is 0.600. The van der Waals surface area contributed by atoms with Crippen LogP contribution in [0, 0.1) is 0 Å². The highest BCUT2D eigenvalue weighted by atomic mass is 31.2. The molecular weight excluding hydrogens is 201 g/mol. The van der Waals surface area contributed by atoms with E-state index in [1.54, 1.807) is 0 Å². The zero-order valence-corrected chi connectivity index (χ0v) is 7.52. The Kier molecular flexibility index (Phi) is 5.48. The average Bonchev–Trinajstić information content (AvgIpc) is 1.80. The largest absolute Gasteiger partial charge is 0.480 e. The number of aliphatic carboxylic acids is 2. The van der Waals surface area contributed by atoms with Crippen LogP contribution in [-0.2, 0) is 9.59 Å². The highest BCUT2D eigenvalue weighted by Crippen LogP contribution is 2.23. The third-order valence-electron chi connectivity index (χ3n) is 1.04. The second-order valence-electron chi connectivity index (χ2n) is 2.29. The molecule has 0 rings (SSSR count). The maximum absolute atomic E-state index is 10.2. The van der Waals surface area contributed by atoms with Gasteiger partial charge in [0.25, 0.3) is 0 Å². The Morgan fingerprint density at radius 1 is 1.08 bits per heavy atom. The molecule has 4 N–H and O–H groups in total. The van der Waals surface area contributed by atoms with E-state index < -0.39 is 33.4 Å². The number of hydrogen-bond acceptors (Lipinski definition) is 5. The molecule has 0 aromatic carbocycles. The van der Waals surface area contributed by atoms with Gasteiger partial charge < -0.3 is 20.0 Å². The Bertz CT molecular complexity index is 179. The van der Waals surface area contributed by atoms with Crippen molar-refractivity contribution < 1.29 is 29.6 Å². The molecule has 0 fully saturated rings. The van der Waals surface area contributed by atoms with E-state index in [0.29, 0.717) is 0 Å². The van der Waals surface area contributed by atoms with E-state index in [1.165, 1.54) is 0 Å². The van der Waals surface area contributed by atoms with E-state index in [4.69, 9.17) is 20.0 Å². The summed E-state index contributed by atoms with van der Waals surface area (Å²) in [5.41, 5.74) is 0. The number of carbonyl (C=O) groups is 2. The van der Waals surface area contributed by atoms with Gasteiger partial charge in [0.2, 0.25) is 0 Å². The molecule has 0 aliphatic rings. The van der Waals surface area contributed by atoms with Crippen LogP contribution in [0.2, 0.25) is 0 Å². The Labute approximate surface area is 75.1 Å². The summed E-state index contributed by atoms with van der Waals surface area (Å²) in [7, 11) is -2.30.